The average Bonchev–Trinajstić information content (AvgIpc) is 2.38. The Morgan fingerprint density at radius 2 is 1.75 bits per heavy atom. The number of benzene rings is 2. The molecule has 0 heterocycles. The summed E-state index contributed by atoms with van der Waals surface area (Å²) in [5, 5.41) is 7.74. The Morgan fingerprint density at radius 3 is 2.35 bits per heavy atom. The number of carbonyl (C=O) groups is 1. The highest BCUT2D eigenvalue weighted by molar-refractivity contribution is 9.10. The van der Waals surface area contributed by atoms with Crippen LogP contribution in [0.5, 0.6) is 0 Å². The van der Waals surface area contributed by atoms with Crippen LogP contribution in [-0.4, -0.2) is 14.3 Å². The Kier molecular flexibility index (Phi) is 4.22. The second-order valence-electron chi connectivity index (χ2n) is 4.04. The van der Waals surface area contributed by atoms with E-state index in [-0.39, 0.29) is 10.5 Å². The lowest BCUT2D eigenvalue weighted by Crippen LogP contribution is -2.16. The monoisotopic (exact) mass is 354 g/mol. The molecule has 0 aliphatic carbocycles. The van der Waals surface area contributed by atoms with E-state index in [1.807, 2.05) is 6.07 Å². The van der Waals surface area contributed by atoms with Crippen molar-refractivity contribution in [1.29, 1.82) is 0 Å². The van der Waals surface area contributed by atoms with Crippen molar-refractivity contribution in [2.45, 2.75) is 4.90 Å². The van der Waals surface area contributed by atoms with Gasteiger partial charge in [0.2, 0.25) is 10.0 Å². The molecule has 0 unspecified atom stereocenters. The predicted molar refractivity (Wildman–Crippen MR) is 79.9 cm³/mol. The van der Waals surface area contributed by atoms with Crippen molar-refractivity contribution in [3.05, 3.63) is 58.6 Å². The van der Waals surface area contributed by atoms with E-state index in [9.17, 15) is 13.2 Å². The fourth-order valence-electron chi connectivity index (χ4n) is 1.58. The van der Waals surface area contributed by atoms with E-state index in [4.69, 9.17) is 5.14 Å². The molecule has 0 saturated heterocycles. The minimum absolute atomic E-state index is 0.120. The van der Waals surface area contributed by atoms with Crippen molar-refractivity contribution in [1.82, 2.24) is 0 Å². The first kappa shape index (κ1) is 14.7. The molecule has 2 aromatic rings. The number of amides is 1. The molecule has 0 radical (unpaired) electrons. The minimum atomic E-state index is -3.86. The van der Waals surface area contributed by atoms with Crippen LogP contribution in [0.25, 0.3) is 0 Å². The summed E-state index contributed by atoms with van der Waals surface area (Å²) in [6.07, 6.45) is 0. The van der Waals surface area contributed by atoms with Gasteiger partial charge in [0, 0.05) is 15.7 Å². The van der Waals surface area contributed by atoms with Crippen molar-refractivity contribution in [3.8, 4) is 0 Å². The van der Waals surface area contributed by atoms with Gasteiger partial charge in [0.25, 0.3) is 5.91 Å². The maximum Gasteiger partial charge on any atom is 0.255 e. The molecule has 0 aliphatic heterocycles. The second-order valence-corrected chi connectivity index (χ2v) is 6.52. The lowest BCUT2D eigenvalue weighted by atomic mass is 10.2. The van der Waals surface area contributed by atoms with Gasteiger partial charge >= 0.3 is 0 Å². The summed E-state index contributed by atoms with van der Waals surface area (Å²) in [6.45, 7) is 0. The standard InChI is InChI=1S/C13H11BrN2O3S/c14-10-6-9(7-12(8-10)20(15,18)19)13(17)16-11-4-2-1-3-5-11/h1-8H,(H,16,17)(H2,15,18,19). The van der Waals surface area contributed by atoms with Gasteiger partial charge in [-0.05, 0) is 30.3 Å². The highest BCUT2D eigenvalue weighted by Gasteiger charge is 2.14. The molecule has 20 heavy (non-hydrogen) atoms. The number of nitrogens with two attached hydrogens (primary N) is 1. The summed E-state index contributed by atoms with van der Waals surface area (Å²) >= 11 is 3.16. The molecule has 0 fully saturated rings. The molecule has 2 rings (SSSR count). The van der Waals surface area contributed by atoms with Gasteiger partial charge in [0.15, 0.2) is 0 Å². The number of hydrogen-bond donors (Lipinski definition) is 2. The smallest absolute Gasteiger partial charge is 0.255 e. The molecular weight excluding hydrogens is 344 g/mol. The summed E-state index contributed by atoms with van der Waals surface area (Å²) in [5.74, 6) is -0.414. The summed E-state index contributed by atoms with van der Waals surface area (Å²) < 4.78 is 23.1. The summed E-state index contributed by atoms with van der Waals surface area (Å²) in [7, 11) is -3.86. The maximum absolute atomic E-state index is 12.1. The van der Waals surface area contributed by atoms with Crippen LogP contribution in [0.15, 0.2) is 57.9 Å². The SMILES string of the molecule is NS(=O)(=O)c1cc(Br)cc(C(=O)Nc2ccccc2)c1. The Balaban J connectivity index is 2.33. The van der Waals surface area contributed by atoms with Crippen molar-refractivity contribution >= 4 is 37.5 Å². The zero-order valence-corrected chi connectivity index (χ0v) is 12.6. The number of rotatable bonds is 3. The number of anilines is 1. The molecular formula is C13H11BrN2O3S. The van der Waals surface area contributed by atoms with Gasteiger partial charge in [-0.2, -0.15) is 0 Å². The van der Waals surface area contributed by atoms with E-state index >= 15 is 0 Å². The van der Waals surface area contributed by atoms with E-state index in [0.29, 0.717) is 10.2 Å². The predicted octanol–water partition coefficient (Wildman–Crippen LogP) is 2.35. The molecule has 0 aliphatic rings. The van der Waals surface area contributed by atoms with Crippen LogP contribution in [0, 0.1) is 0 Å². The molecule has 0 aromatic heterocycles. The highest BCUT2D eigenvalue weighted by atomic mass is 79.9. The quantitative estimate of drug-likeness (QED) is 0.886. The van der Waals surface area contributed by atoms with Crippen molar-refractivity contribution in [2.24, 2.45) is 5.14 Å². The van der Waals surface area contributed by atoms with E-state index in [1.165, 1.54) is 18.2 Å². The third kappa shape index (κ3) is 3.66. The Bertz CT molecular complexity index is 745. The molecule has 0 bridgehead atoms. The van der Waals surface area contributed by atoms with Crippen LogP contribution >= 0.6 is 15.9 Å². The molecule has 0 spiro atoms. The lowest BCUT2D eigenvalue weighted by molar-refractivity contribution is 0.102. The van der Waals surface area contributed by atoms with Crippen LogP contribution in [0.2, 0.25) is 0 Å². The van der Waals surface area contributed by atoms with Crippen LogP contribution in [-0.2, 0) is 10.0 Å². The zero-order valence-electron chi connectivity index (χ0n) is 10.2. The first-order chi connectivity index (χ1) is 9.36. The summed E-state index contributed by atoms with van der Waals surface area (Å²) in [5.41, 5.74) is 0.821. The van der Waals surface area contributed by atoms with Gasteiger partial charge in [0.1, 0.15) is 0 Å². The molecule has 5 nitrogen and oxygen atoms in total. The van der Waals surface area contributed by atoms with Crippen LogP contribution in [0.3, 0.4) is 0 Å². The molecule has 7 heteroatoms. The number of halogens is 1. The third-order valence-corrected chi connectivity index (χ3v) is 3.84. The van der Waals surface area contributed by atoms with Crippen LogP contribution in [0.1, 0.15) is 10.4 Å². The van der Waals surface area contributed by atoms with E-state index < -0.39 is 15.9 Å². The number of sulfonamides is 1. The molecule has 0 atom stereocenters. The number of primary sulfonamides is 1. The average molecular weight is 355 g/mol. The van der Waals surface area contributed by atoms with E-state index in [0.717, 1.165) is 0 Å². The second kappa shape index (κ2) is 5.74. The number of carbonyl (C=O) groups excluding carboxylic acids is 1. The zero-order chi connectivity index (χ0) is 14.8. The fraction of sp³-hybridized carbons (Fsp3) is 0. The van der Waals surface area contributed by atoms with Crippen LogP contribution < -0.4 is 10.5 Å². The van der Waals surface area contributed by atoms with Crippen molar-refractivity contribution in [3.63, 3.8) is 0 Å². The van der Waals surface area contributed by atoms with Crippen LogP contribution in [0.4, 0.5) is 5.69 Å². The number of para-hydroxylation sites is 1. The Labute approximate surface area is 125 Å². The lowest BCUT2D eigenvalue weighted by Gasteiger charge is -2.07. The summed E-state index contributed by atoms with van der Waals surface area (Å²) in [6, 6.07) is 13.0. The molecule has 2 aromatic carbocycles. The van der Waals surface area contributed by atoms with E-state index in [2.05, 4.69) is 21.2 Å². The van der Waals surface area contributed by atoms with Gasteiger partial charge < -0.3 is 5.32 Å². The highest BCUT2D eigenvalue weighted by Crippen LogP contribution is 2.19. The fourth-order valence-corrected chi connectivity index (χ4v) is 2.81. The normalized spacial score (nSPS) is 11.1. The first-order valence-electron chi connectivity index (χ1n) is 5.56. The molecule has 0 saturated carbocycles. The van der Waals surface area contributed by atoms with Gasteiger partial charge in [-0.25, -0.2) is 13.6 Å². The largest absolute Gasteiger partial charge is 0.322 e. The molecule has 104 valence electrons. The van der Waals surface area contributed by atoms with Gasteiger partial charge in [-0.15, -0.1) is 0 Å². The molecule has 3 N–H and O–H groups in total. The third-order valence-electron chi connectivity index (χ3n) is 2.49. The summed E-state index contributed by atoms with van der Waals surface area (Å²) in [4.78, 5) is 12.0. The minimum Gasteiger partial charge on any atom is -0.322 e. The number of hydrogen-bond acceptors (Lipinski definition) is 3. The van der Waals surface area contributed by atoms with Gasteiger partial charge in [-0.3, -0.25) is 4.79 Å². The Morgan fingerprint density at radius 1 is 1.10 bits per heavy atom. The number of nitrogens with one attached hydrogen (secondary N) is 1. The van der Waals surface area contributed by atoms with Crippen molar-refractivity contribution < 1.29 is 13.2 Å². The van der Waals surface area contributed by atoms with Gasteiger partial charge in [-0.1, -0.05) is 34.1 Å². The maximum atomic E-state index is 12.1. The van der Waals surface area contributed by atoms with Crippen molar-refractivity contribution in [2.75, 3.05) is 5.32 Å². The van der Waals surface area contributed by atoms with Gasteiger partial charge in [0.05, 0.1) is 4.90 Å². The van der Waals surface area contributed by atoms with E-state index in [1.54, 1.807) is 24.3 Å². The first-order valence-corrected chi connectivity index (χ1v) is 7.90. The topological polar surface area (TPSA) is 89.3 Å². The Hall–Kier alpha value is -1.70. The molecule has 1 amide bonds.